The summed E-state index contributed by atoms with van der Waals surface area (Å²) in [5.74, 6) is -0.218. The first-order valence-electron chi connectivity index (χ1n) is 11.3. The SMILES string of the molecule is CC[C@H](C)NC(=O)[C@@H]1CCCN(C(=O)Nc2ccc(S(=O)(=O)N3CCCCCC3)s2)C1. The van der Waals surface area contributed by atoms with E-state index in [4.69, 9.17) is 0 Å². The number of thiophene rings is 1. The molecule has 0 aromatic carbocycles. The maximum atomic E-state index is 12.9. The zero-order valence-electron chi connectivity index (χ0n) is 18.4. The molecule has 2 saturated heterocycles. The van der Waals surface area contributed by atoms with Gasteiger partial charge in [0, 0.05) is 32.2 Å². The summed E-state index contributed by atoms with van der Waals surface area (Å²) in [5, 5.41) is 6.32. The van der Waals surface area contributed by atoms with Gasteiger partial charge < -0.3 is 10.2 Å². The predicted octanol–water partition coefficient (Wildman–Crippen LogP) is 3.47. The van der Waals surface area contributed by atoms with E-state index in [1.54, 1.807) is 21.3 Å². The molecule has 174 valence electrons. The fourth-order valence-corrected chi connectivity index (χ4v) is 6.83. The van der Waals surface area contributed by atoms with E-state index in [1.807, 2.05) is 13.8 Å². The van der Waals surface area contributed by atoms with Gasteiger partial charge in [-0.15, -0.1) is 11.3 Å². The minimum absolute atomic E-state index is 0.00574. The number of likely N-dealkylation sites (tertiary alicyclic amines) is 1. The Morgan fingerprint density at radius 3 is 2.52 bits per heavy atom. The topological polar surface area (TPSA) is 98.8 Å². The molecule has 3 rings (SSSR count). The van der Waals surface area contributed by atoms with Crippen molar-refractivity contribution in [2.75, 3.05) is 31.5 Å². The van der Waals surface area contributed by atoms with Crippen LogP contribution in [-0.4, -0.2) is 61.8 Å². The van der Waals surface area contributed by atoms with Crippen molar-refractivity contribution in [1.29, 1.82) is 0 Å². The molecule has 2 aliphatic rings. The van der Waals surface area contributed by atoms with Crippen LogP contribution >= 0.6 is 11.3 Å². The summed E-state index contributed by atoms with van der Waals surface area (Å²) in [4.78, 5) is 26.8. The van der Waals surface area contributed by atoms with E-state index in [0.717, 1.165) is 56.3 Å². The minimum Gasteiger partial charge on any atom is -0.353 e. The third-order valence-corrected chi connectivity index (χ3v) is 9.42. The molecule has 0 spiro atoms. The molecule has 2 N–H and O–H groups in total. The molecule has 1 aromatic rings. The molecule has 2 aliphatic heterocycles. The standard InChI is InChI=1S/C21H34N4O4S2/c1-3-16(2)22-20(26)17-9-8-12-24(15-17)21(27)23-18-10-11-19(30-18)31(28,29)25-13-6-4-5-7-14-25/h10-11,16-17H,3-9,12-15H2,1-2H3,(H,22,26)(H,23,27)/t16-,17+/m0/s1. The lowest BCUT2D eigenvalue weighted by atomic mass is 9.97. The Labute approximate surface area is 189 Å². The van der Waals surface area contributed by atoms with Gasteiger partial charge in [0.1, 0.15) is 4.21 Å². The third kappa shape index (κ3) is 6.20. The highest BCUT2D eigenvalue weighted by molar-refractivity contribution is 7.91. The van der Waals surface area contributed by atoms with Gasteiger partial charge in [0.2, 0.25) is 5.91 Å². The number of nitrogens with zero attached hydrogens (tertiary/aromatic N) is 2. The maximum Gasteiger partial charge on any atom is 0.322 e. The number of carbonyl (C=O) groups excluding carboxylic acids is 2. The van der Waals surface area contributed by atoms with Crippen molar-refractivity contribution in [3.63, 3.8) is 0 Å². The average Bonchev–Trinajstić information content (AvgIpc) is 3.06. The highest BCUT2D eigenvalue weighted by atomic mass is 32.2. The Bertz CT molecular complexity index is 862. The number of hydrogen-bond acceptors (Lipinski definition) is 5. The van der Waals surface area contributed by atoms with Gasteiger partial charge in [0.05, 0.1) is 10.9 Å². The van der Waals surface area contributed by atoms with Crippen molar-refractivity contribution in [3.8, 4) is 0 Å². The fourth-order valence-electron chi connectivity index (χ4n) is 3.96. The van der Waals surface area contributed by atoms with Gasteiger partial charge in [0.15, 0.2) is 0 Å². The molecule has 3 heterocycles. The smallest absolute Gasteiger partial charge is 0.322 e. The summed E-state index contributed by atoms with van der Waals surface area (Å²) in [6.45, 7) is 6.06. The van der Waals surface area contributed by atoms with Gasteiger partial charge in [-0.3, -0.25) is 10.1 Å². The van der Waals surface area contributed by atoms with Gasteiger partial charge in [-0.2, -0.15) is 4.31 Å². The van der Waals surface area contributed by atoms with Crippen molar-refractivity contribution in [1.82, 2.24) is 14.5 Å². The summed E-state index contributed by atoms with van der Waals surface area (Å²) in [5.41, 5.74) is 0. The second-order valence-corrected chi connectivity index (χ2v) is 11.7. The van der Waals surface area contributed by atoms with Crippen molar-refractivity contribution in [2.45, 2.75) is 69.0 Å². The van der Waals surface area contributed by atoms with Crippen LogP contribution in [0.1, 0.15) is 58.8 Å². The molecule has 1 aromatic heterocycles. The van der Waals surface area contributed by atoms with Gasteiger partial charge in [0.25, 0.3) is 10.0 Å². The lowest BCUT2D eigenvalue weighted by Gasteiger charge is -2.32. The first-order chi connectivity index (χ1) is 14.8. The Kier molecular flexibility index (Phi) is 8.35. The first-order valence-corrected chi connectivity index (χ1v) is 13.5. The van der Waals surface area contributed by atoms with Gasteiger partial charge >= 0.3 is 6.03 Å². The molecule has 0 unspecified atom stereocenters. The van der Waals surface area contributed by atoms with Gasteiger partial charge in [-0.25, -0.2) is 13.2 Å². The van der Waals surface area contributed by atoms with E-state index < -0.39 is 10.0 Å². The van der Waals surface area contributed by atoms with Crippen LogP contribution in [0.5, 0.6) is 0 Å². The molecule has 31 heavy (non-hydrogen) atoms. The highest BCUT2D eigenvalue weighted by Gasteiger charge is 2.30. The van der Waals surface area contributed by atoms with Crippen LogP contribution in [0.4, 0.5) is 9.80 Å². The largest absolute Gasteiger partial charge is 0.353 e. The monoisotopic (exact) mass is 470 g/mol. The van der Waals surface area contributed by atoms with Crippen molar-refractivity contribution in [2.24, 2.45) is 5.92 Å². The number of piperidine rings is 1. The van der Waals surface area contributed by atoms with Crippen LogP contribution in [-0.2, 0) is 14.8 Å². The molecule has 0 bridgehead atoms. The summed E-state index contributed by atoms with van der Waals surface area (Å²) in [6.07, 6.45) is 6.29. The third-order valence-electron chi connectivity index (χ3n) is 6.05. The summed E-state index contributed by atoms with van der Waals surface area (Å²) in [6, 6.07) is 3.04. The van der Waals surface area contributed by atoms with Crippen molar-refractivity contribution >= 4 is 38.3 Å². The minimum atomic E-state index is -3.53. The van der Waals surface area contributed by atoms with E-state index in [2.05, 4.69) is 10.6 Å². The first kappa shape index (κ1) is 24.0. The molecule has 2 atom stereocenters. The number of carbonyl (C=O) groups is 2. The molecule has 0 radical (unpaired) electrons. The Hall–Kier alpha value is -1.65. The van der Waals surface area contributed by atoms with Crippen LogP contribution in [0.15, 0.2) is 16.3 Å². The second kappa shape index (κ2) is 10.8. The number of rotatable bonds is 6. The molecule has 8 nitrogen and oxygen atoms in total. The number of amides is 3. The second-order valence-electron chi connectivity index (χ2n) is 8.47. The van der Waals surface area contributed by atoms with E-state index in [9.17, 15) is 18.0 Å². The Morgan fingerprint density at radius 2 is 1.84 bits per heavy atom. The predicted molar refractivity (Wildman–Crippen MR) is 123 cm³/mol. The molecule has 2 fully saturated rings. The quantitative estimate of drug-likeness (QED) is 0.665. The Balaban J connectivity index is 1.59. The van der Waals surface area contributed by atoms with Crippen LogP contribution < -0.4 is 10.6 Å². The molecule has 0 aliphatic carbocycles. The summed E-state index contributed by atoms with van der Waals surface area (Å²) >= 11 is 1.08. The maximum absolute atomic E-state index is 12.9. The van der Waals surface area contributed by atoms with Gasteiger partial charge in [-0.1, -0.05) is 19.8 Å². The summed E-state index contributed by atoms with van der Waals surface area (Å²) in [7, 11) is -3.53. The van der Waals surface area contributed by atoms with Crippen molar-refractivity contribution < 1.29 is 18.0 Å². The van der Waals surface area contributed by atoms with E-state index >= 15 is 0 Å². The molecule has 0 saturated carbocycles. The fraction of sp³-hybridized carbons (Fsp3) is 0.714. The number of sulfonamides is 1. The molecular weight excluding hydrogens is 436 g/mol. The number of hydrogen-bond donors (Lipinski definition) is 2. The highest BCUT2D eigenvalue weighted by Crippen LogP contribution is 2.30. The summed E-state index contributed by atoms with van der Waals surface area (Å²) < 4.78 is 27.7. The van der Waals surface area contributed by atoms with Crippen LogP contribution in [0, 0.1) is 5.92 Å². The van der Waals surface area contributed by atoms with Crippen molar-refractivity contribution in [3.05, 3.63) is 12.1 Å². The zero-order valence-corrected chi connectivity index (χ0v) is 20.1. The van der Waals surface area contributed by atoms with Crippen LogP contribution in [0.3, 0.4) is 0 Å². The number of anilines is 1. The van der Waals surface area contributed by atoms with Crippen LogP contribution in [0.25, 0.3) is 0 Å². The molecular formula is C21H34N4O4S2. The van der Waals surface area contributed by atoms with E-state index in [1.165, 1.54) is 0 Å². The Morgan fingerprint density at radius 1 is 1.13 bits per heavy atom. The number of nitrogens with one attached hydrogen (secondary N) is 2. The van der Waals surface area contributed by atoms with Crippen LogP contribution in [0.2, 0.25) is 0 Å². The van der Waals surface area contributed by atoms with E-state index in [0.29, 0.717) is 31.2 Å². The molecule has 3 amide bonds. The van der Waals surface area contributed by atoms with Gasteiger partial charge in [-0.05, 0) is 51.2 Å². The lowest BCUT2D eigenvalue weighted by molar-refractivity contribution is -0.126. The normalized spacial score (nSPS) is 21.9. The zero-order chi connectivity index (χ0) is 22.4. The average molecular weight is 471 g/mol. The lowest BCUT2D eigenvalue weighted by Crippen LogP contribution is -2.48. The van der Waals surface area contributed by atoms with E-state index in [-0.39, 0.29) is 28.1 Å². The number of urea groups is 1. The molecule has 10 heteroatoms.